The van der Waals surface area contributed by atoms with E-state index in [2.05, 4.69) is 4.98 Å². The third kappa shape index (κ3) is 2.94. The molecule has 0 radical (unpaired) electrons. The minimum atomic E-state index is -0.920. The van der Waals surface area contributed by atoms with Crippen LogP contribution >= 0.6 is 0 Å². The van der Waals surface area contributed by atoms with Gasteiger partial charge in [-0.1, -0.05) is 6.07 Å². The number of hydrogen-bond acceptors (Lipinski definition) is 3. The Morgan fingerprint density at radius 3 is 2.35 bits per heavy atom. The fourth-order valence-corrected chi connectivity index (χ4v) is 2.04. The second-order valence-electron chi connectivity index (χ2n) is 6.25. The van der Waals surface area contributed by atoms with E-state index < -0.39 is 18.3 Å². The first kappa shape index (κ1) is 15.2. The second-order valence-corrected chi connectivity index (χ2v) is 6.25. The van der Waals surface area contributed by atoms with E-state index in [0.29, 0.717) is 12.0 Å². The van der Waals surface area contributed by atoms with E-state index in [-0.39, 0.29) is 5.73 Å². The molecule has 2 rings (SSSR count). The Kier molecular flexibility index (Phi) is 4.03. The van der Waals surface area contributed by atoms with Crippen LogP contribution in [0.1, 0.15) is 40.2 Å². The molecule has 5 heteroatoms. The molecule has 0 saturated carbocycles. The average molecular weight is 277 g/mol. The highest BCUT2D eigenvalue weighted by Crippen LogP contribution is 2.39. The van der Waals surface area contributed by atoms with Gasteiger partial charge in [0.15, 0.2) is 0 Å². The van der Waals surface area contributed by atoms with Crippen LogP contribution in [0.4, 0.5) is 4.39 Å². The van der Waals surface area contributed by atoms with Gasteiger partial charge in [-0.05, 0) is 58.2 Å². The molecule has 1 saturated heterocycles. The van der Waals surface area contributed by atoms with Gasteiger partial charge in [0.1, 0.15) is 5.73 Å². The Bertz CT molecular complexity index is 498. The first-order chi connectivity index (χ1) is 9.23. The van der Waals surface area contributed by atoms with Crippen molar-refractivity contribution in [3.8, 4) is 0 Å². The van der Waals surface area contributed by atoms with Crippen LogP contribution < -0.4 is 0 Å². The van der Waals surface area contributed by atoms with Gasteiger partial charge >= 0.3 is 7.12 Å². The monoisotopic (exact) mass is 277 g/mol. The van der Waals surface area contributed by atoms with Crippen molar-refractivity contribution in [2.24, 2.45) is 0 Å². The first-order valence-corrected chi connectivity index (χ1v) is 6.82. The van der Waals surface area contributed by atoms with Crippen LogP contribution in [0.3, 0.4) is 0 Å². The van der Waals surface area contributed by atoms with E-state index in [0.717, 1.165) is 5.56 Å². The van der Waals surface area contributed by atoms with Gasteiger partial charge in [-0.25, -0.2) is 4.39 Å². The number of pyridine rings is 1. The lowest BCUT2D eigenvalue weighted by Gasteiger charge is -2.32. The Morgan fingerprint density at radius 1 is 1.25 bits per heavy atom. The van der Waals surface area contributed by atoms with Crippen molar-refractivity contribution >= 4 is 7.12 Å². The van der Waals surface area contributed by atoms with Crippen LogP contribution in [-0.4, -0.2) is 23.3 Å². The highest BCUT2D eigenvalue weighted by atomic mass is 19.1. The molecule has 0 aliphatic carbocycles. The Morgan fingerprint density at radius 2 is 1.85 bits per heavy atom. The van der Waals surface area contributed by atoms with Crippen molar-refractivity contribution in [1.29, 1.82) is 0 Å². The van der Waals surface area contributed by atoms with E-state index in [1.165, 1.54) is 0 Å². The molecule has 0 aromatic carbocycles. The zero-order valence-corrected chi connectivity index (χ0v) is 12.7. The summed E-state index contributed by atoms with van der Waals surface area (Å²) in [5, 5.41) is 0. The Hall–Kier alpha value is -1.20. The lowest BCUT2D eigenvalue weighted by molar-refractivity contribution is 0.00578. The standard InChI is InChI=1S/C15H21BFNO2/c1-11(9-12-7-6-8-18-10-12)13(17)16-19-14(2,3)15(4,5)20-16/h6-8,10H,9H2,1-5H3. The second kappa shape index (κ2) is 5.30. The van der Waals surface area contributed by atoms with E-state index in [9.17, 15) is 4.39 Å². The summed E-state index contributed by atoms with van der Waals surface area (Å²) in [6.45, 7) is 9.41. The van der Waals surface area contributed by atoms with E-state index >= 15 is 0 Å². The number of halogens is 1. The molecular weight excluding hydrogens is 256 g/mol. The van der Waals surface area contributed by atoms with Gasteiger partial charge in [-0.3, -0.25) is 4.98 Å². The van der Waals surface area contributed by atoms with E-state index in [1.807, 2.05) is 39.8 Å². The maximum atomic E-state index is 14.5. The quantitative estimate of drug-likeness (QED) is 0.792. The predicted molar refractivity (Wildman–Crippen MR) is 77.8 cm³/mol. The molecule has 1 aliphatic heterocycles. The maximum Gasteiger partial charge on any atom is 0.525 e. The summed E-state index contributed by atoms with van der Waals surface area (Å²) in [6, 6.07) is 3.77. The molecule has 20 heavy (non-hydrogen) atoms. The summed E-state index contributed by atoms with van der Waals surface area (Å²) in [5.41, 5.74) is 0.188. The number of nitrogens with zero attached hydrogens (tertiary/aromatic N) is 1. The number of hydrogen-bond donors (Lipinski definition) is 0. The summed E-state index contributed by atoms with van der Waals surface area (Å²) < 4.78 is 25.9. The largest absolute Gasteiger partial charge is 0.525 e. The predicted octanol–water partition coefficient (Wildman–Crippen LogP) is 3.50. The van der Waals surface area contributed by atoms with Crippen molar-refractivity contribution < 1.29 is 13.7 Å². The molecule has 1 fully saturated rings. The molecule has 0 atom stereocenters. The zero-order valence-electron chi connectivity index (χ0n) is 12.7. The van der Waals surface area contributed by atoms with Gasteiger partial charge in [-0.2, -0.15) is 0 Å². The molecule has 1 aliphatic rings. The fraction of sp³-hybridized carbons (Fsp3) is 0.533. The molecule has 0 bridgehead atoms. The fourth-order valence-electron chi connectivity index (χ4n) is 2.04. The van der Waals surface area contributed by atoms with Gasteiger partial charge in [0.25, 0.3) is 0 Å². The molecule has 0 amide bonds. The minimum absolute atomic E-state index is 0.340. The maximum absolute atomic E-state index is 14.5. The Labute approximate surface area is 120 Å². The highest BCUT2D eigenvalue weighted by Gasteiger charge is 2.53. The molecule has 2 heterocycles. The number of rotatable bonds is 3. The molecule has 1 aromatic heterocycles. The summed E-state index contributed by atoms with van der Waals surface area (Å²) >= 11 is 0. The van der Waals surface area contributed by atoms with Gasteiger partial charge in [0, 0.05) is 12.4 Å². The number of aromatic nitrogens is 1. The Balaban J connectivity index is 2.15. The van der Waals surface area contributed by atoms with Crippen molar-refractivity contribution in [3.63, 3.8) is 0 Å². The molecule has 108 valence electrons. The minimum Gasteiger partial charge on any atom is -0.398 e. The van der Waals surface area contributed by atoms with Crippen LogP contribution in [0.2, 0.25) is 0 Å². The van der Waals surface area contributed by atoms with Crippen molar-refractivity contribution in [3.05, 3.63) is 41.4 Å². The third-order valence-corrected chi connectivity index (χ3v) is 4.06. The molecule has 1 aromatic rings. The molecule has 0 N–H and O–H groups in total. The first-order valence-electron chi connectivity index (χ1n) is 6.82. The molecule has 0 spiro atoms. The topological polar surface area (TPSA) is 31.4 Å². The summed E-state index contributed by atoms with van der Waals surface area (Å²) in [6.07, 6.45) is 3.94. The van der Waals surface area contributed by atoms with Gasteiger partial charge in [0.2, 0.25) is 0 Å². The summed E-state index contributed by atoms with van der Waals surface area (Å²) in [4.78, 5) is 4.03. The molecule has 0 unspecified atom stereocenters. The van der Waals surface area contributed by atoms with E-state index in [1.54, 1.807) is 19.3 Å². The van der Waals surface area contributed by atoms with Crippen LogP contribution in [-0.2, 0) is 15.7 Å². The van der Waals surface area contributed by atoms with Crippen molar-refractivity contribution in [2.75, 3.05) is 0 Å². The van der Waals surface area contributed by atoms with Crippen LogP contribution in [0.15, 0.2) is 35.8 Å². The van der Waals surface area contributed by atoms with Crippen molar-refractivity contribution in [2.45, 2.75) is 52.2 Å². The normalized spacial score (nSPS) is 21.8. The lowest BCUT2D eigenvalue weighted by Crippen LogP contribution is -2.41. The highest BCUT2D eigenvalue weighted by molar-refractivity contribution is 6.53. The van der Waals surface area contributed by atoms with Gasteiger partial charge < -0.3 is 9.31 Å². The number of allylic oxidation sites excluding steroid dienone is 1. The van der Waals surface area contributed by atoms with Gasteiger partial charge in [0.05, 0.1) is 11.2 Å². The van der Waals surface area contributed by atoms with Crippen LogP contribution in [0.5, 0.6) is 0 Å². The van der Waals surface area contributed by atoms with Crippen molar-refractivity contribution in [1.82, 2.24) is 4.98 Å². The van der Waals surface area contributed by atoms with Gasteiger partial charge in [-0.15, -0.1) is 0 Å². The van der Waals surface area contributed by atoms with Crippen LogP contribution in [0, 0.1) is 0 Å². The third-order valence-electron chi connectivity index (χ3n) is 4.06. The molecular formula is C15H21BFNO2. The average Bonchev–Trinajstić information content (AvgIpc) is 2.58. The zero-order chi connectivity index (χ0) is 15.0. The summed E-state index contributed by atoms with van der Waals surface area (Å²) in [5.74, 6) is 0. The lowest BCUT2D eigenvalue weighted by atomic mass is 9.83. The van der Waals surface area contributed by atoms with Crippen LogP contribution in [0.25, 0.3) is 0 Å². The van der Waals surface area contributed by atoms with E-state index in [4.69, 9.17) is 9.31 Å². The SMILES string of the molecule is CC(Cc1cccnc1)=C(F)B1OC(C)(C)C(C)(C)O1. The summed E-state index contributed by atoms with van der Waals surface area (Å²) in [7, 11) is -0.920. The smallest absolute Gasteiger partial charge is 0.398 e. The molecule has 3 nitrogen and oxygen atoms in total.